The van der Waals surface area contributed by atoms with E-state index in [1.807, 2.05) is 54.3 Å². The fourth-order valence-electron chi connectivity index (χ4n) is 3.38. The summed E-state index contributed by atoms with van der Waals surface area (Å²) in [6, 6.07) is 24.6. The van der Waals surface area contributed by atoms with E-state index in [9.17, 15) is 4.79 Å². The molecule has 4 aromatic rings. The van der Waals surface area contributed by atoms with Crippen molar-refractivity contribution in [2.24, 2.45) is 0 Å². The van der Waals surface area contributed by atoms with E-state index < -0.39 is 0 Å². The van der Waals surface area contributed by atoms with Crippen LogP contribution in [0, 0.1) is 0 Å². The Morgan fingerprint density at radius 1 is 0.963 bits per heavy atom. The summed E-state index contributed by atoms with van der Waals surface area (Å²) in [4.78, 5) is 15.3. The van der Waals surface area contributed by atoms with Gasteiger partial charge in [0.25, 0.3) is 5.91 Å². The summed E-state index contributed by atoms with van der Waals surface area (Å²) in [5.41, 5.74) is 4.23. The summed E-state index contributed by atoms with van der Waals surface area (Å²) in [6.45, 7) is 4.04. The number of aromatic nitrogens is 1. The molecule has 0 unspecified atom stereocenters. The van der Waals surface area contributed by atoms with Gasteiger partial charge in [-0.1, -0.05) is 60.7 Å². The highest BCUT2D eigenvalue weighted by Gasteiger charge is 2.21. The zero-order valence-corrected chi connectivity index (χ0v) is 16.2. The van der Waals surface area contributed by atoms with Crippen LogP contribution in [-0.4, -0.2) is 21.9 Å². The number of hydrogen-bond acceptors (Lipinski definition) is 2. The molecular formula is C23H22N2OS. The third kappa shape index (κ3) is 3.67. The molecule has 27 heavy (non-hydrogen) atoms. The van der Waals surface area contributed by atoms with Crippen LogP contribution in [0.2, 0.25) is 0 Å². The fourth-order valence-corrected chi connectivity index (χ4v) is 4.21. The predicted octanol–water partition coefficient (Wildman–Crippen LogP) is 5.41. The van der Waals surface area contributed by atoms with Gasteiger partial charge in [0.1, 0.15) is 5.69 Å². The molecule has 2 heterocycles. The molecule has 0 aliphatic heterocycles. The zero-order chi connectivity index (χ0) is 18.6. The lowest BCUT2D eigenvalue weighted by Gasteiger charge is -2.22. The summed E-state index contributed by atoms with van der Waals surface area (Å²) in [7, 11) is 0. The van der Waals surface area contributed by atoms with Crippen molar-refractivity contribution in [3.8, 4) is 0 Å². The van der Waals surface area contributed by atoms with Crippen LogP contribution in [0.15, 0.2) is 78.2 Å². The number of amides is 1. The highest BCUT2D eigenvalue weighted by Crippen LogP contribution is 2.27. The largest absolute Gasteiger partial charge is 0.333 e. The normalized spacial score (nSPS) is 11.0. The Morgan fingerprint density at radius 2 is 1.63 bits per heavy atom. The maximum atomic E-state index is 13.4. The zero-order valence-electron chi connectivity index (χ0n) is 15.3. The molecule has 0 spiro atoms. The van der Waals surface area contributed by atoms with Gasteiger partial charge in [0.05, 0.1) is 10.2 Å². The highest BCUT2D eigenvalue weighted by atomic mass is 32.1. The molecule has 0 aliphatic rings. The lowest BCUT2D eigenvalue weighted by Crippen LogP contribution is -2.32. The molecule has 4 rings (SSSR count). The molecule has 1 amide bonds. The topological polar surface area (TPSA) is 25.2 Å². The van der Waals surface area contributed by atoms with E-state index in [1.165, 1.54) is 5.56 Å². The van der Waals surface area contributed by atoms with Crippen LogP contribution in [0.3, 0.4) is 0 Å². The molecular weight excluding hydrogens is 352 g/mol. The second kappa shape index (κ2) is 7.80. The molecule has 0 radical (unpaired) electrons. The third-order valence-corrected chi connectivity index (χ3v) is 5.66. The lowest BCUT2D eigenvalue weighted by atomic mass is 10.2. The Hall–Kier alpha value is -2.85. The molecule has 4 heteroatoms. The molecule has 2 aromatic heterocycles. The number of hydrogen-bond donors (Lipinski definition) is 0. The van der Waals surface area contributed by atoms with Crippen molar-refractivity contribution in [3.05, 3.63) is 95.0 Å². The first kappa shape index (κ1) is 17.6. The minimum absolute atomic E-state index is 0.0840. The van der Waals surface area contributed by atoms with Gasteiger partial charge in [-0.3, -0.25) is 4.79 Å². The summed E-state index contributed by atoms with van der Waals surface area (Å²) in [5, 5.41) is 2.09. The van der Waals surface area contributed by atoms with Gasteiger partial charge in [-0.25, -0.2) is 0 Å². The van der Waals surface area contributed by atoms with Crippen molar-refractivity contribution in [1.29, 1.82) is 0 Å². The van der Waals surface area contributed by atoms with Gasteiger partial charge < -0.3 is 9.47 Å². The van der Waals surface area contributed by atoms with E-state index in [2.05, 4.69) is 40.3 Å². The van der Waals surface area contributed by atoms with Crippen molar-refractivity contribution in [2.75, 3.05) is 6.54 Å². The smallest absolute Gasteiger partial charge is 0.270 e. The van der Waals surface area contributed by atoms with Gasteiger partial charge in [0.15, 0.2) is 0 Å². The Bertz CT molecular complexity index is 1030. The third-order valence-electron chi connectivity index (χ3n) is 4.81. The fraction of sp³-hybridized carbons (Fsp3) is 0.174. The van der Waals surface area contributed by atoms with Crippen molar-refractivity contribution in [3.63, 3.8) is 0 Å². The molecule has 2 aromatic carbocycles. The van der Waals surface area contributed by atoms with Crippen LogP contribution in [-0.2, 0) is 13.1 Å². The molecule has 0 saturated carbocycles. The Labute approximate surface area is 163 Å². The summed E-state index contributed by atoms with van der Waals surface area (Å²) < 4.78 is 3.31. The number of carbonyl (C=O) groups is 1. The van der Waals surface area contributed by atoms with E-state index in [0.29, 0.717) is 19.6 Å². The van der Waals surface area contributed by atoms with E-state index in [0.717, 1.165) is 21.5 Å². The lowest BCUT2D eigenvalue weighted by molar-refractivity contribution is 0.0742. The minimum Gasteiger partial charge on any atom is -0.333 e. The molecule has 136 valence electrons. The number of fused-ring (bicyclic) bond motifs is 1. The van der Waals surface area contributed by atoms with Gasteiger partial charge in [-0.15, -0.1) is 11.3 Å². The van der Waals surface area contributed by atoms with Gasteiger partial charge in [0.2, 0.25) is 0 Å². The molecule has 0 bridgehead atoms. The maximum absolute atomic E-state index is 13.4. The van der Waals surface area contributed by atoms with E-state index >= 15 is 0 Å². The Morgan fingerprint density at radius 3 is 2.30 bits per heavy atom. The van der Waals surface area contributed by atoms with Gasteiger partial charge in [-0.05, 0) is 35.6 Å². The molecule has 0 atom stereocenters. The predicted molar refractivity (Wildman–Crippen MR) is 112 cm³/mol. The number of thiophene rings is 1. The van der Waals surface area contributed by atoms with Crippen molar-refractivity contribution in [1.82, 2.24) is 9.47 Å². The first-order chi connectivity index (χ1) is 13.3. The Kier molecular flexibility index (Phi) is 5.07. The Balaban J connectivity index is 1.68. The standard InChI is InChI=1S/C23H22N2OS/c1-2-24(16-18-9-5-3-6-10-18)23(26)21-15-22-20(13-14-27-22)25(21)17-19-11-7-4-8-12-19/h3-15H,2,16-17H2,1H3. The molecule has 3 nitrogen and oxygen atoms in total. The quantitative estimate of drug-likeness (QED) is 0.443. The van der Waals surface area contributed by atoms with Crippen LogP contribution < -0.4 is 0 Å². The molecule has 0 aliphatic carbocycles. The second-order valence-electron chi connectivity index (χ2n) is 6.58. The van der Waals surface area contributed by atoms with E-state index in [1.54, 1.807) is 11.3 Å². The van der Waals surface area contributed by atoms with Crippen molar-refractivity contribution < 1.29 is 4.79 Å². The van der Waals surface area contributed by atoms with Crippen molar-refractivity contribution >= 4 is 27.5 Å². The van der Waals surface area contributed by atoms with Gasteiger partial charge in [0, 0.05) is 19.6 Å². The molecule has 0 saturated heterocycles. The number of rotatable bonds is 6. The average molecular weight is 375 g/mol. The monoisotopic (exact) mass is 374 g/mol. The SMILES string of the molecule is CCN(Cc1ccccc1)C(=O)c1cc2sccc2n1Cc1ccccc1. The summed E-state index contributed by atoms with van der Waals surface area (Å²) in [5.74, 6) is 0.0840. The van der Waals surface area contributed by atoms with E-state index in [4.69, 9.17) is 0 Å². The van der Waals surface area contributed by atoms with Crippen LogP contribution in [0.5, 0.6) is 0 Å². The van der Waals surface area contributed by atoms with E-state index in [-0.39, 0.29) is 5.91 Å². The number of carbonyl (C=O) groups excluding carboxylic acids is 1. The van der Waals surface area contributed by atoms with Gasteiger partial charge in [-0.2, -0.15) is 0 Å². The van der Waals surface area contributed by atoms with Gasteiger partial charge >= 0.3 is 0 Å². The minimum atomic E-state index is 0.0840. The summed E-state index contributed by atoms with van der Waals surface area (Å²) in [6.07, 6.45) is 0. The molecule has 0 fully saturated rings. The first-order valence-electron chi connectivity index (χ1n) is 9.20. The van der Waals surface area contributed by atoms with Crippen LogP contribution in [0.1, 0.15) is 28.5 Å². The number of benzene rings is 2. The second-order valence-corrected chi connectivity index (χ2v) is 7.52. The van der Waals surface area contributed by atoms with Crippen LogP contribution in [0.25, 0.3) is 10.2 Å². The van der Waals surface area contributed by atoms with Crippen LogP contribution >= 0.6 is 11.3 Å². The van der Waals surface area contributed by atoms with Crippen LogP contribution in [0.4, 0.5) is 0 Å². The highest BCUT2D eigenvalue weighted by molar-refractivity contribution is 7.17. The first-order valence-corrected chi connectivity index (χ1v) is 10.1. The maximum Gasteiger partial charge on any atom is 0.270 e. The van der Waals surface area contributed by atoms with Crippen molar-refractivity contribution in [2.45, 2.75) is 20.0 Å². The average Bonchev–Trinajstić information content (AvgIpc) is 3.30. The number of nitrogens with zero attached hydrogens (tertiary/aromatic N) is 2. The summed E-state index contributed by atoms with van der Waals surface area (Å²) >= 11 is 1.68. The molecule has 0 N–H and O–H groups in total.